The van der Waals surface area contributed by atoms with E-state index in [1.807, 2.05) is 26.0 Å². The molecule has 0 bridgehead atoms. The van der Waals surface area contributed by atoms with Gasteiger partial charge in [-0.2, -0.15) is 0 Å². The lowest BCUT2D eigenvalue weighted by Crippen LogP contribution is -2.36. The van der Waals surface area contributed by atoms with Crippen LogP contribution in [0.5, 0.6) is 0 Å². The molecule has 0 saturated heterocycles. The van der Waals surface area contributed by atoms with Crippen molar-refractivity contribution in [2.24, 2.45) is 10.8 Å². The van der Waals surface area contributed by atoms with Crippen LogP contribution in [0.1, 0.15) is 17.5 Å². The maximum atomic E-state index is 5.46. The Bertz CT molecular complexity index is 425. The first-order chi connectivity index (χ1) is 9.08. The van der Waals surface area contributed by atoms with Crippen molar-refractivity contribution in [1.29, 1.82) is 0 Å². The Labute approximate surface area is 122 Å². The number of methoxy groups -OCH3 is 1. The third kappa shape index (κ3) is 5.18. The van der Waals surface area contributed by atoms with E-state index in [1.165, 1.54) is 11.1 Å². The minimum Gasteiger partial charge on any atom is -0.385 e. The Hall–Kier alpha value is -1.11. The van der Waals surface area contributed by atoms with Gasteiger partial charge in [0.25, 0.3) is 0 Å². The minimum atomic E-state index is 0.553. The Morgan fingerprint density at radius 2 is 2.00 bits per heavy atom. The maximum Gasteiger partial charge on any atom is 0.210 e. The highest BCUT2D eigenvalue weighted by atomic mass is 79.9. The number of hydrazine groups is 1. The van der Waals surface area contributed by atoms with E-state index in [0.29, 0.717) is 19.1 Å². The number of aryl methyl sites for hydroxylation is 2. The van der Waals surface area contributed by atoms with Crippen LogP contribution in [-0.4, -0.2) is 26.2 Å². The first-order valence-corrected chi connectivity index (χ1v) is 6.91. The Kier molecular flexibility index (Phi) is 6.83. The van der Waals surface area contributed by atoms with Gasteiger partial charge in [-0.25, -0.2) is 5.84 Å². The topological polar surface area (TPSA) is 71.7 Å². The van der Waals surface area contributed by atoms with Gasteiger partial charge in [0.05, 0.1) is 0 Å². The lowest BCUT2D eigenvalue weighted by Gasteiger charge is -2.12. The van der Waals surface area contributed by atoms with Crippen LogP contribution < -0.4 is 16.6 Å². The standard InChI is InChI=1S/C13H21BrN4O/c1-9-7-11(8-10(2)12(9)14)17-13(18-15)16-5-4-6-19-3/h7-8H,4-6,15H2,1-3H3,(H2,16,17,18). The molecule has 0 fully saturated rings. The van der Waals surface area contributed by atoms with E-state index < -0.39 is 0 Å². The molecule has 1 aromatic carbocycles. The molecular weight excluding hydrogens is 308 g/mol. The van der Waals surface area contributed by atoms with Crippen molar-refractivity contribution in [3.63, 3.8) is 0 Å². The first kappa shape index (κ1) is 15.9. The van der Waals surface area contributed by atoms with Crippen LogP contribution in [0.15, 0.2) is 21.6 Å². The molecule has 1 rings (SSSR count). The lowest BCUT2D eigenvalue weighted by molar-refractivity contribution is 0.197. The normalized spacial score (nSPS) is 11.5. The lowest BCUT2D eigenvalue weighted by atomic mass is 10.1. The number of guanidine groups is 1. The number of hydrogen-bond donors (Lipinski definition) is 3. The third-order valence-corrected chi connectivity index (χ3v) is 3.86. The zero-order valence-corrected chi connectivity index (χ0v) is 13.2. The monoisotopic (exact) mass is 328 g/mol. The zero-order chi connectivity index (χ0) is 14.3. The number of benzene rings is 1. The van der Waals surface area contributed by atoms with E-state index in [9.17, 15) is 0 Å². The van der Waals surface area contributed by atoms with E-state index in [2.05, 4.69) is 31.7 Å². The summed E-state index contributed by atoms with van der Waals surface area (Å²) < 4.78 is 6.10. The highest BCUT2D eigenvalue weighted by molar-refractivity contribution is 9.10. The molecule has 0 aromatic heterocycles. The fourth-order valence-electron chi connectivity index (χ4n) is 1.68. The van der Waals surface area contributed by atoms with Crippen molar-refractivity contribution in [3.8, 4) is 0 Å². The van der Waals surface area contributed by atoms with Crippen LogP contribution in [0.3, 0.4) is 0 Å². The molecule has 0 aliphatic carbocycles. The summed E-state index contributed by atoms with van der Waals surface area (Å²) in [6.45, 7) is 5.45. The van der Waals surface area contributed by atoms with Gasteiger partial charge in [0.15, 0.2) is 0 Å². The molecule has 5 nitrogen and oxygen atoms in total. The predicted molar refractivity (Wildman–Crippen MR) is 83.4 cm³/mol. The molecule has 0 spiro atoms. The van der Waals surface area contributed by atoms with Gasteiger partial charge in [0.2, 0.25) is 5.96 Å². The van der Waals surface area contributed by atoms with E-state index in [0.717, 1.165) is 16.6 Å². The zero-order valence-electron chi connectivity index (χ0n) is 11.6. The molecule has 19 heavy (non-hydrogen) atoms. The Balaban J connectivity index is 2.70. The maximum absolute atomic E-state index is 5.46. The second-order valence-electron chi connectivity index (χ2n) is 4.27. The highest BCUT2D eigenvalue weighted by Gasteiger charge is 2.04. The van der Waals surface area contributed by atoms with Crippen molar-refractivity contribution in [3.05, 3.63) is 27.7 Å². The summed E-state index contributed by atoms with van der Waals surface area (Å²) in [6, 6.07) is 4.08. The second-order valence-corrected chi connectivity index (χ2v) is 5.06. The predicted octanol–water partition coefficient (Wildman–Crippen LogP) is 2.33. The molecule has 0 radical (unpaired) electrons. The number of nitrogens with zero attached hydrogens (tertiary/aromatic N) is 1. The number of ether oxygens (including phenoxy) is 1. The van der Waals surface area contributed by atoms with Crippen LogP contribution in [-0.2, 0) is 4.74 Å². The number of rotatable bonds is 5. The van der Waals surface area contributed by atoms with E-state index in [1.54, 1.807) is 7.11 Å². The number of nitrogens with one attached hydrogen (secondary N) is 2. The van der Waals surface area contributed by atoms with Crippen LogP contribution in [0.4, 0.5) is 5.69 Å². The summed E-state index contributed by atoms with van der Waals surface area (Å²) in [5, 5.41) is 3.17. The fourth-order valence-corrected chi connectivity index (χ4v) is 1.90. The number of nitrogens with two attached hydrogens (primary N) is 1. The molecule has 0 aliphatic rings. The van der Waals surface area contributed by atoms with Gasteiger partial charge < -0.3 is 10.1 Å². The summed E-state index contributed by atoms with van der Waals surface area (Å²) in [7, 11) is 1.68. The van der Waals surface area contributed by atoms with Crippen molar-refractivity contribution >= 4 is 27.6 Å². The largest absolute Gasteiger partial charge is 0.385 e. The molecule has 0 unspecified atom stereocenters. The Morgan fingerprint density at radius 1 is 1.37 bits per heavy atom. The van der Waals surface area contributed by atoms with Gasteiger partial charge in [-0.05, 0) is 43.5 Å². The smallest absolute Gasteiger partial charge is 0.210 e. The number of anilines is 1. The molecule has 0 saturated carbocycles. The van der Waals surface area contributed by atoms with E-state index in [4.69, 9.17) is 10.6 Å². The van der Waals surface area contributed by atoms with Gasteiger partial charge in [0.1, 0.15) is 0 Å². The molecule has 4 N–H and O–H groups in total. The van der Waals surface area contributed by atoms with E-state index >= 15 is 0 Å². The average Bonchev–Trinajstić information content (AvgIpc) is 2.39. The number of aliphatic imine (C=N–C) groups is 1. The molecule has 1 aromatic rings. The molecule has 0 amide bonds. The van der Waals surface area contributed by atoms with Crippen molar-refractivity contribution in [1.82, 2.24) is 5.43 Å². The van der Waals surface area contributed by atoms with Crippen LogP contribution >= 0.6 is 15.9 Å². The molecular formula is C13H21BrN4O. The van der Waals surface area contributed by atoms with Crippen molar-refractivity contribution in [2.75, 3.05) is 25.6 Å². The SMILES string of the molecule is COCCCN=C(NN)Nc1cc(C)c(Br)c(C)c1. The minimum absolute atomic E-state index is 0.553. The molecule has 0 atom stereocenters. The quantitative estimate of drug-likeness (QED) is 0.255. The van der Waals surface area contributed by atoms with Gasteiger partial charge in [0, 0.05) is 30.4 Å². The Morgan fingerprint density at radius 3 is 2.53 bits per heavy atom. The van der Waals surface area contributed by atoms with Gasteiger partial charge in [-0.1, -0.05) is 15.9 Å². The molecule has 106 valence electrons. The summed E-state index contributed by atoms with van der Waals surface area (Å²) >= 11 is 3.54. The summed E-state index contributed by atoms with van der Waals surface area (Å²) in [6.07, 6.45) is 0.863. The van der Waals surface area contributed by atoms with E-state index in [-0.39, 0.29) is 0 Å². The van der Waals surface area contributed by atoms with Crippen LogP contribution in [0, 0.1) is 13.8 Å². The van der Waals surface area contributed by atoms with Crippen LogP contribution in [0.2, 0.25) is 0 Å². The van der Waals surface area contributed by atoms with Gasteiger partial charge in [-0.15, -0.1) is 0 Å². The van der Waals surface area contributed by atoms with Gasteiger partial charge >= 0.3 is 0 Å². The summed E-state index contributed by atoms with van der Waals surface area (Å²) in [4.78, 5) is 4.33. The number of halogens is 1. The fraction of sp³-hybridized carbons (Fsp3) is 0.462. The summed E-state index contributed by atoms with van der Waals surface area (Å²) in [5.41, 5.74) is 5.86. The summed E-state index contributed by atoms with van der Waals surface area (Å²) in [5.74, 6) is 6.01. The first-order valence-electron chi connectivity index (χ1n) is 6.12. The molecule has 6 heteroatoms. The average molecular weight is 329 g/mol. The highest BCUT2D eigenvalue weighted by Crippen LogP contribution is 2.24. The third-order valence-electron chi connectivity index (χ3n) is 2.61. The van der Waals surface area contributed by atoms with Crippen molar-refractivity contribution < 1.29 is 4.74 Å². The molecule has 0 heterocycles. The number of hydrogen-bond acceptors (Lipinski definition) is 3. The van der Waals surface area contributed by atoms with Crippen LogP contribution in [0.25, 0.3) is 0 Å². The molecule has 0 aliphatic heterocycles. The van der Waals surface area contributed by atoms with Gasteiger partial charge in [-0.3, -0.25) is 10.4 Å². The van der Waals surface area contributed by atoms with Crippen molar-refractivity contribution in [2.45, 2.75) is 20.3 Å². The second kappa shape index (κ2) is 8.14.